The lowest BCUT2D eigenvalue weighted by atomic mass is 9.99. The summed E-state index contributed by atoms with van der Waals surface area (Å²) in [5, 5.41) is 0. The highest BCUT2D eigenvalue weighted by Gasteiger charge is 2.20. The van der Waals surface area contributed by atoms with E-state index in [9.17, 15) is 4.39 Å². The largest absolute Gasteiger partial charge is 0.329 e. The first kappa shape index (κ1) is 16.1. The monoisotopic (exact) mass is 266 g/mol. The minimum absolute atomic E-state index is 0.186. The van der Waals surface area contributed by atoms with Gasteiger partial charge in [0.05, 0.1) is 0 Å². The van der Waals surface area contributed by atoms with Crippen molar-refractivity contribution in [3.8, 4) is 0 Å². The van der Waals surface area contributed by atoms with Gasteiger partial charge in [0, 0.05) is 19.1 Å². The number of halogens is 1. The Morgan fingerprint density at radius 2 is 1.68 bits per heavy atom. The van der Waals surface area contributed by atoms with Gasteiger partial charge in [-0.15, -0.1) is 0 Å². The van der Waals surface area contributed by atoms with E-state index < -0.39 is 0 Å². The van der Waals surface area contributed by atoms with Crippen LogP contribution in [-0.4, -0.2) is 24.5 Å². The second kappa shape index (κ2) is 8.28. The third-order valence-corrected chi connectivity index (χ3v) is 3.97. The third-order valence-electron chi connectivity index (χ3n) is 3.97. The van der Waals surface area contributed by atoms with E-state index in [0.29, 0.717) is 12.5 Å². The van der Waals surface area contributed by atoms with Crippen molar-refractivity contribution < 1.29 is 4.39 Å². The fraction of sp³-hybridized carbons (Fsp3) is 0.625. The van der Waals surface area contributed by atoms with Crippen LogP contribution >= 0.6 is 0 Å². The number of nitrogens with two attached hydrogens (primary N) is 1. The standard InChI is InChI=1S/C16H27FN2/c1-4-13(5-2)12-19(6-3)16(11-18)14-7-9-15(17)10-8-14/h7-10,13,16H,4-6,11-12,18H2,1-3H3. The zero-order valence-corrected chi connectivity index (χ0v) is 12.4. The van der Waals surface area contributed by atoms with Gasteiger partial charge < -0.3 is 5.73 Å². The molecule has 0 aliphatic carbocycles. The molecule has 0 radical (unpaired) electrons. The quantitative estimate of drug-likeness (QED) is 0.779. The number of rotatable bonds is 8. The van der Waals surface area contributed by atoms with Crippen molar-refractivity contribution in [1.82, 2.24) is 4.90 Å². The minimum Gasteiger partial charge on any atom is -0.329 e. The van der Waals surface area contributed by atoms with Crippen molar-refractivity contribution in [1.29, 1.82) is 0 Å². The predicted octanol–water partition coefficient (Wildman–Crippen LogP) is 3.58. The van der Waals surface area contributed by atoms with Gasteiger partial charge in [-0.2, -0.15) is 0 Å². The Labute approximate surface area is 116 Å². The summed E-state index contributed by atoms with van der Waals surface area (Å²) < 4.78 is 13.0. The van der Waals surface area contributed by atoms with Crippen LogP contribution in [0.1, 0.15) is 45.2 Å². The van der Waals surface area contributed by atoms with Crippen LogP contribution in [0.5, 0.6) is 0 Å². The Kier molecular flexibility index (Phi) is 7.03. The Hall–Kier alpha value is -0.930. The van der Waals surface area contributed by atoms with Crippen molar-refractivity contribution in [3.63, 3.8) is 0 Å². The fourth-order valence-corrected chi connectivity index (χ4v) is 2.54. The van der Waals surface area contributed by atoms with Crippen molar-refractivity contribution >= 4 is 0 Å². The number of likely N-dealkylation sites (N-methyl/N-ethyl adjacent to an activating group) is 1. The Morgan fingerprint density at radius 3 is 2.11 bits per heavy atom. The third kappa shape index (κ3) is 4.59. The molecule has 1 rings (SSSR count). The van der Waals surface area contributed by atoms with Gasteiger partial charge in [0.2, 0.25) is 0 Å². The fourth-order valence-electron chi connectivity index (χ4n) is 2.54. The molecule has 3 heteroatoms. The molecule has 0 saturated heterocycles. The summed E-state index contributed by atoms with van der Waals surface area (Å²) in [5.41, 5.74) is 7.05. The number of benzene rings is 1. The molecule has 0 heterocycles. The van der Waals surface area contributed by atoms with Gasteiger partial charge in [0.1, 0.15) is 5.82 Å². The Bertz CT molecular complexity index is 346. The van der Waals surface area contributed by atoms with Crippen molar-refractivity contribution in [2.75, 3.05) is 19.6 Å². The summed E-state index contributed by atoms with van der Waals surface area (Å²) in [4.78, 5) is 2.41. The zero-order valence-electron chi connectivity index (χ0n) is 12.4. The summed E-state index contributed by atoms with van der Waals surface area (Å²) in [6.45, 7) is 9.22. The summed E-state index contributed by atoms with van der Waals surface area (Å²) in [6.07, 6.45) is 2.38. The number of hydrogen-bond donors (Lipinski definition) is 1. The molecule has 2 nitrogen and oxygen atoms in total. The summed E-state index contributed by atoms with van der Waals surface area (Å²) in [6, 6.07) is 6.92. The second-order valence-electron chi connectivity index (χ2n) is 5.07. The Balaban J connectivity index is 2.82. The van der Waals surface area contributed by atoms with Gasteiger partial charge >= 0.3 is 0 Å². The van der Waals surface area contributed by atoms with E-state index in [0.717, 1.165) is 18.7 Å². The first-order valence-corrected chi connectivity index (χ1v) is 7.35. The summed E-state index contributed by atoms with van der Waals surface area (Å²) in [5.74, 6) is 0.511. The Morgan fingerprint density at radius 1 is 1.11 bits per heavy atom. The molecule has 0 aromatic heterocycles. The van der Waals surface area contributed by atoms with E-state index in [-0.39, 0.29) is 11.9 Å². The van der Waals surface area contributed by atoms with E-state index in [1.54, 1.807) is 0 Å². The van der Waals surface area contributed by atoms with E-state index in [1.165, 1.54) is 25.0 Å². The highest BCUT2D eigenvalue weighted by molar-refractivity contribution is 5.20. The first-order valence-electron chi connectivity index (χ1n) is 7.35. The van der Waals surface area contributed by atoms with Gasteiger partial charge in [-0.3, -0.25) is 4.90 Å². The van der Waals surface area contributed by atoms with Gasteiger partial charge in [0.15, 0.2) is 0 Å². The minimum atomic E-state index is -0.192. The highest BCUT2D eigenvalue weighted by Crippen LogP contribution is 2.22. The smallest absolute Gasteiger partial charge is 0.123 e. The van der Waals surface area contributed by atoms with Crippen LogP contribution < -0.4 is 5.73 Å². The maximum absolute atomic E-state index is 13.0. The molecule has 0 aliphatic heterocycles. The maximum atomic E-state index is 13.0. The highest BCUT2D eigenvalue weighted by atomic mass is 19.1. The van der Waals surface area contributed by atoms with E-state index in [1.807, 2.05) is 12.1 Å². The number of nitrogens with zero attached hydrogens (tertiary/aromatic N) is 1. The molecule has 1 unspecified atom stereocenters. The first-order chi connectivity index (χ1) is 9.15. The average molecular weight is 266 g/mol. The van der Waals surface area contributed by atoms with E-state index in [2.05, 4.69) is 25.7 Å². The lowest BCUT2D eigenvalue weighted by Crippen LogP contribution is -2.37. The van der Waals surface area contributed by atoms with Gasteiger partial charge in [0.25, 0.3) is 0 Å². The molecule has 0 fully saturated rings. The molecule has 1 aromatic carbocycles. The van der Waals surface area contributed by atoms with Crippen LogP contribution in [0.25, 0.3) is 0 Å². The van der Waals surface area contributed by atoms with E-state index >= 15 is 0 Å². The molecule has 1 atom stereocenters. The molecule has 2 N–H and O–H groups in total. The molecule has 0 spiro atoms. The average Bonchev–Trinajstić information content (AvgIpc) is 2.45. The molecular formula is C16H27FN2. The van der Waals surface area contributed by atoms with Crippen molar-refractivity contribution in [2.24, 2.45) is 11.7 Å². The molecule has 0 saturated carbocycles. The van der Waals surface area contributed by atoms with Gasteiger partial charge in [-0.05, 0) is 30.2 Å². The van der Waals surface area contributed by atoms with Gasteiger partial charge in [-0.25, -0.2) is 4.39 Å². The molecule has 0 bridgehead atoms. The lowest BCUT2D eigenvalue weighted by molar-refractivity contribution is 0.174. The molecule has 108 valence electrons. The molecule has 0 aliphatic rings. The predicted molar refractivity (Wildman–Crippen MR) is 79.5 cm³/mol. The molecule has 1 aromatic rings. The van der Waals surface area contributed by atoms with Crippen LogP contribution in [0.3, 0.4) is 0 Å². The van der Waals surface area contributed by atoms with Crippen LogP contribution in [0.2, 0.25) is 0 Å². The summed E-state index contributed by atoms with van der Waals surface area (Å²) >= 11 is 0. The summed E-state index contributed by atoms with van der Waals surface area (Å²) in [7, 11) is 0. The molecule has 19 heavy (non-hydrogen) atoms. The second-order valence-corrected chi connectivity index (χ2v) is 5.07. The lowest BCUT2D eigenvalue weighted by Gasteiger charge is -2.33. The molecular weight excluding hydrogens is 239 g/mol. The van der Waals surface area contributed by atoms with Crippen molar-refractivity contribution in [3.05, 3.63) is 35.6 Å². The van der Waals surface area contributed by atoms with E-state index in [4.69, 9.17) is 5.73 Å². The zero-order chi connectivity index (χ0) is 14.3. The SMILES string of the molecule is CCC(CC)CN(CC)C(CN)c1ccc(F)cc1. The van der Waals surface area contributed by atoms with Crippen molar-refractivity contribution in [2.45, 2.75) is 39.7 Å². The van der Waals surface area contributed by atoms with Gasteiger partial charge in [-0.1, -0.05) is 45.7 Å². The van der Waals surface area contributed by atoms with Crippen LogP contribution in [0, 0.1) is 11.7 Å². The van der Waals surface area contributed by atoms with Crippen LogP contribution in [0.15, 0.2) is 24.3 Å². The topological polar surface area (TPSA) is 29.3 Å². The van der Waals surface area contributed by atoms with Crippen LogP contribution in [-0.2, 0) is 0 Å². The molecule has 0 amide bonds. The van der Waals surface area contributed by atoms with Crippen LogP contribution in [0.4, 0.5) is 4.39 Å². The normalized spacial score (nSPS) is 13.2. The maximum Gasteiger partial charge on any atom is 0.123 e. The number of hydrogen-bond acceptors (Lipinski definition) is 2.